The molecule has 2 rings (SSSR count). The van der Waals surface area contributed by atoms with Crippen molar-refractivity contribution < 1.29 is 14.7 Å². The second-order valence-electron chi connectivity index (χ2n) is 3.68. The fraction of sp³-hybridized carbons (Fsp3) is 0.273. The summed E-state index contributed by atoms with van der Waals surface area (Å²) in [4.78, 5) is 23.5. The maximum absolute atomic E-state index is 11.4. The molecule has 0 saturated carbocycles. The van der Waals surface area contributed by atoms with Crippen molar-refractivity contribution >= 4 is 17.6 Å². The molecule has 1 aromatic carbocycles. The van der Waals surface area contributed by atoms with Crippen LogP contribution in [0.4, 0.5) is 5.69 Å². The summed E-state index contributed by atoms with van der Waals surface area (Å²) in [6.07, 6.45) is 0. The molecular formula is C11H11NO3. The van der Waals surface area contributed by atoms with Crippen LogP contribution in [0, 0.1) is 12.8 Å². The highest BCUT2D eigenvalue weighted by Crippen LogP contribution is 2.26. The Labute approximate surface area is 87.1 Å². The Kier molecular flexibility index (Phi) is 2.19. The van der Waals surface area contributed by atoms with Gasteiger partial charge in [-0.15, -0.1) is 0 Å². The van der Waals surface area contributed by atoms with Gasteiger partial charge in [-0.3, -0.25) is 9.59 Å². The van der Waals surface area contributed by atoms with Crippen molar-refractivity contribution in [1.29, 1.82) is 0 Å². The number of carbonyl (C=O) groups excluding carboxylic acids is 1. The van der Waals surface area contributed by atoms with Crippen molar-refractivity contribution in [3.8, 4) is 0 Å². The molecule has 0 aromatic heterocycles. The molecule has 1 atom stereocenters. The molecular weight excluding hydrogens is 194 g/mol. The molecule has 1 aliphatic rings. The molecule has 0 bridgehead atoms. The minimum atomic E-state index is -1.04. The van der Waals surface area contributed by atoms with Crippen LogP contribution < -0.4 is 4.90 Å². The van der Waals surface area contributed by atoms with Crippen LogP contribution in [-0.2, 0) is 9.59 Å². The van der Waals surface area contributed by atoms with Crippen LogP contribution >= 0.6 is 0 Å². The number of carboxylic acids is 1. The zero-order valence-corrected chi connectivity index (χ0v) is 8.30. The molecule has 4 nitrogen and oxygen atoms in total. The lowest BCUT2D eigenvalue weighted by atomic mass is 9.98. The molecule has 78 valence electrons. The molecule has 1 aromatic rings. The van der Waals surface area contributed by atoms with E-state index in [1.54, 1.807) is 0 Å². The number of carbonyl (C=O) groups is 2. The summed E-state index contributed by atoms with van der Waals surface area (Å²) in [6.45, 7) is 2.24. The van der Waals surface area contributed by atoms with Crippen molar-refractivity contribution in [3.05, 3.63) is 29.8 Å². The molecule has 1 heterocycles. The van der Waals surface area contributed by atoms with Crippen LogP contribution in [0.15, 0.2) is 24.3 Å². The van der Waals surface area contributed by atoms with Gasteiger partial charge in [-0.25, -0.2) is 0 Å². The number of amides is 1. The second-order valence-corrected chi connectivity index (χ2v) is 3.68. The highest BCUT2D eigenvalue weighted by atomic mass is 16.4. The van der Waals surface area contributed by atoms with Gasteiger partial charge in [0.1, 0.15) is 0 Å². The van der Waals surface area contributed by atoms with E-state index in [4.69, 9.17) is 5.11 Å². The highest BCUT2D eigenvalue weighted by molar-refractivity contribution is 6.12. The van der Waals surface area contributed by atoms with Gasteiger partial charge in [0.15, 0.2) is 5.92 Å². The summed E-state index contributed by atoms with van der Waals surface area (Å²) in [5.74, 6) is -2.22. The Morgan fingerprint density at radius 3 is 2.47 bits per heavy atom. The third kappa shape index (κ3) is 1.58. The summed E-state index contributed by atoms with van der Waals surface area (Å²) in [5.41, 5.74) is 1.88. The number of nitrogens with zero attached hydrogens (tertiary/aromatic N) is 1. The van der Waals surface area contributed by atoms with E-state index in [-0.39, 0.29) is 12.5 Å². The van der Waals surface area contributed by atoms with Crippen LogP contribution in [0.1, 0.15) is 5.56 Å². The van der Waals surface area contributed by atoms with Gasteiger partial charge in [-0.1, -0.05) is 17.7 Å². The lowest BCUT2D eigenvalue weighted by Gasteiger charge is -2.35. The molecule has 15 heavy (non-hydrogen) atoms. The zero-order chi connectivity index (χ0) is 11.0. The van der Waals surface area contributed by atoms with E-state index >= 15 is 0 Å². The number of carboxylic acid groups (broad SMARTS) is 1. The van der Waals surface area contributed by atoms with E-state index in [1.807, 2.05) is 31.2 Å². The van der Waals surface area contributed by atoms with E-state index < -0.39 is 11.9 Å². The number of rotatable bonds is 2. The van der Waals surface area contributed by atoms with Gasteiger partial charge in [-0.2, -0.15) is 0 Å². The maximum Gasteiger partial charge on any atom is 0.317 e. The van der Waals surface area contributed by atoms with Gasteiger partial charge in [-0.05, 0) is 19.1 Å². The topological polar surface area (TPSA) is 57.6 Å². The van der Waals surface area contributed by atoms with Crippen molar-refractivity contribution in [2.75, 3.05) is 11.4 Å². The van der Waals surface area contributed by atoms with E-state index in [0.29, 0.717) is 0 Å². The molecule has 1 N–H and O–H groups in total. The molecule has 1 saturated heterocycles. The van der Waals surface area contributed by atoms with Crippen molar-refractivity contribution in [2.24, 2.45) is 5.92 Å². The smallest absolute Gasteiger partial charge is 0.317 e. The second kappa shape index (κ2) is 3.38. The fourth-order valence-corrected chi connectivity index (χ4v) is 1.57. The first-order valence-electron chi connectivity index (χ1n) is 4.70. The number of aryl methyl sites for hydroxylation is 1. The predicted molar refractivity (Wildman–Crippen MR) is 54.7 cm³/mol. The first-order chi connectivity index (χ1) is 7.09. The third-order valence-electron chi connectivity index (χ3n) is 2.57. The van der Waals surface area contributed by atoms with Crippen LogP contribution in [0.25, 0.3) is 0 Å². The Morgan fingerprint density at radius 1 is 1.40 bits per heavy atom. The zero-order valence-electron chi connectivity index (χ0n) is 8.30. The number of hydrogen-bond acceptors (Lipinski definition) is 2. The summed E-state index contributed by atoms with van der Waals surface area (Å²) in [7, 11) is 0. The van der Waals surface area contributed by atoms with Gasteiger partial charge in [0.2, 0.25) is 5.91 Å². The van der Waals surface area contributed by atoms with Gasteiger partial charge in [0, 0.05) is 12.2 Å². The third-order valence-corrected chi connectivity index (χ3v) is 2.57. The van der Waals surface area contributed by atoms with Crippen LogP contribution in [0.2, 0.25) is 0 Å². The monoisotopic (exact) mass is 205 g/mol. The first-order valence-corrected chi connectivity index (χ1v) is 4.70. The largest absolute Gasteiger partial charge is 0.481 e. The van der Waals surface area contributed by atoms with E-state index in [2.05, 4.69) is 0 Å². The summed E-state index contributed by atoms with van der Waals surface area (Å²) < 4.78 is 0. The van der Waals surface area contributed by atoms with Crippen LogP contribution in [-0.4, -0.2) is 23.5 Å². The summed E-state index contributed by atoms with van der Waals surface area (Å²) >= 11 is 0. The Balaban J connectivity index is 2.13. The van der Waals surface area contributed by atoms with Crippen LogP contribution in [0.3, 0.4) is 0 Å². The minimum Gasteiger partial charge on any atom is -0.481 e. The van der Waals surface area contributed by atoms with Crippen molar-refractivity contribution in [3.63, 3.8) is 0 Å². The van der Waals surface area contributed by atoms with Crippen molar-refractivity contribution in [1.82, 2.24) is 0 Å². The fourth-order valence-electron chi connectivity index (χ4n) is 1.57. The number of benzene rings is 1. The van der Waals surface area contributed by atoms with E-state index in [9.17, 15) is 9.59 Å². The van der Waals surface area contributed by atoms with E-state index in [0.717, 1.165) is 11.3 Å². The normalized spacial score (nSPS) is 19.9. The molecule has 4 heteroatoms. The highest BCUT2D eigenvalue weighted by Gasteiger charge is 2.42. The van der Waals surface area contributed by atoms with Crippen LogP contribution in [0.5, 0.6) is 0 Å². The number of aliphatic carboxylic acids is 1. The Hall–Kier alpha value is -1.84. The maximum atomic E-state index is 11.4. The molecule has 0 aliphatic carbocycles. The number of anilines is 1. The molecule has 0 radical (unpaired) electrons. The summed E-state index contributed by atoms with van der Waals surface area (Å²) in [6, 6.07) is 7.45. The predicted octanol–water partition coefficient (Wildman–Crippen LogP) is 1.04. The van der Waals surface area contributed by atoms with Crippen molar-refractivity contribution in [2.45, 2.75) is 6.92 Å². The average molecular weight is 205 g/mol. The van der Waals surface area contributed by atoms with Gasteiger partial charge >= 0.3 is 5.97 Å². The SMILES string of the molecule is Cc1ccc(N2CC(C(=O)O)C2=O)cc1. The lowest BCUT2D eigenvalue weighted by molar-refractivity contribution is -0.149. The first kappa shape index (κ1) is 9.71. The molecule has 1 unspecified atom stereocenters. The van der Waals surface area contributed by atoms with Gasteiger partial charge in [0.05, 0.1) is 0 Å². The number of hydrogen-bond donors (Lipinski definition) is 1. The Bertz CT molecular complexity index is 410. The molecule has 1 aliphatic heterocycles. The minimum absolute atomic E-state index is 0.275. The van der Waals surface area contributed by atoms with E-state index in [1.165, 1.54) is 4.90 Å². The molecule has 1 fully saturated rings. The number of β-lactam (4-membered cyclic amide) rings is 1. The molecule has 1 amide bonds. The standard InChI is InChI=1S/C11H11NO3/c1-7-2-4-8(5-3-7)12-6-9(10(12)13)11(14)15/h2-5,9H,6H2,1H3,(H,14,15). The average Bonchev–Trinajstić information content (AvgIpc) is 2.18. The quantitative estimate of drug-likeness (QED) is 0.579. The lowest BCUT2D eigenvalue weighted by Crippen LogP contribution is -2.56. The van der Waals surface area contributed by atoms with Gasteiger partial charge < -0.3 is 10.0 Å². The van der Waals surface area contributed by atoms with Gasteiger partial charge in [0.25, 0.3) is 0 Å². The summed E-state index contributed by atoms with van der Waals surface area (Å²) in [5, 5.41) is 8.66. The molecule has 0 spiro atoms. The Morgan fingerprint density at radius 2 is 2.00 bits per heavy atom.